The molecule has 0 aliphatic heterocycles. The molecule has 2 rings (SSSR count). The average molecular weight is 218 g/mol. The van der Waals surface area contributed by atoms with E-state index in [0.717, 1.165) is 0 Å². The number of aromatic nitrogens is 5. The van der Waals surface area contributed by atoms with Crippen molar-refractivity contribution >= 4 is 11.8 Å². The molecule has 74 valence electrons. The van der Waals surface area contributed by atoms with Crippen molar-refractivity contribution in [1.29, 1.82) is 5.26 Å². The molecule has 15 heavy (non-hydrogen) atoms. The summed E-state index contributed by atoms with van der Waals surface area (Å²) in [4.78, 5) is 12.0. The van der Waals surface area contributed by atoms with Crippen LogP contribution in [-0.4, -0.2) is 24.7 Å². The van der Waals surface area contributed by atoms with Crippen LogP contribution in [0.15, 0.2) is 28.9 Å². The van der Waals surface area contributed by atoms with Crippen molar-refractivity contribution in [1.82, 2.24) is 24.7 Å². The second kappa shape index (κ2) is 4.06. The average Bonchev–Trinajstić information content (AvgIpc) is 2.65. The molecule has 0 radical (unpaired) electrons. The summed E-state index contributed by atoms with van der Waals surface area (Å²) in [6, 6.07) is 1.98. The van der Waals surface area contributed by atoms with Gasteiger partial charge in [0.2, 0.25) is 0 Å². The van der Waals surface area contributed by atoms with E-state index in [1.807, 2.05) is 6.07 Å². The summed E-state index contributed by atoms with van der Waals surface area (Å²) in [5.41, 5.74) is 0.297. The monoisotopic (exact) mass is 218 g/mol. The molecule has 0 aliphatic rings. The molecule has 0 bridgehead atoms. The molecular weight excluding hydrogens is 212 g/mol. The maximum Gasteiger partial charge on any atom is 0.192 e. The van der Waals surface area contributed by atoms with E-state index >= 15 is 0 Å². The molecule has 0 fully saturated rings. The fraction of sp³-hybridized carbons (Fsp3) is 0.125. The van der Waals surface area contributed by atoms with Crippen LogP contribution in [0, 0.1) is 11.3 Å². The van der Waals surface area contributed by atoms with Gasteiger partial charge in [-0.05, 0) is 11.8 Å². The van der Waals surface area contributed by atoms with Crippen molar-refractivity contribution in [3.05, 3.63) is 24.4 Å². The Hall–Kier alpha value is -1.94. The van der Waals surface area contributed by atoms with Gasteiger partial charge in [-0.15, -0.1) is 0 Å². The molecule has 0 aromatic carbocycles. The van der Waals surface area contributed by atoms with Gasteiger partial charge in [-0.2, -0.15) is 10.4 Å². The molecule has 0 aliphatic carbocycles. The minimum absolute atomic E-state index is 0.297. The van der Waals surface area contributed by atoms with Crippen LogP contribution in [0.4, 0.5) is 0 Å². The van der Waals surface area contributed by atoms with Crippen LogP contribution in [0.3, 0.4) is 0 Å². The fourth-order valence-electron chi connectivity index (χ4n) is 0.941. The summed E-state index contributed by atoms with van der Waals surface area (Å²) in [6.45, 7) is 0. The second-order valence-corrected chi connectivity index (χ2v) is 3.55. The molecule has 0 N–H and O–H groups in total. The molecule has 2 aromatic rings. The summed E-state index contributed by atoms with van der Waals surface area (Å²) in [6.07, 6.45) is 4.48. The first-order chi connectivity index (χ1) is 7.31. The Kier molecular flexibility index (Phi) is 2.60. The van der Waals surface area contributed by atoms with E-state index in [1.54, 1.807) is 17.9 Å². The highest BCUT2D eigenvalue weighted by atomic mass is 32.2. The molecule has 7 heteroatoms. The van der Waals surface area contributed by atoms with Gasteiger partial charge >= 0.3 is 0 Å². The van der Waals surface area contributed by atoms with Gasteiger partial charge in [-0.1, -0.05) is 0 Å². The van der Waals surface area contributed by atoms with Gasteiger partial charge in [0.05, 0.1) is 0 Å². The van der Waals surface area contributed by atoms with E-state index in [2.05, 4.69) is 20.1 Å². The molecule has 0 spiro atoms. The number of hydrogen-bond acceptors (Lipinski definition) is 6. The standard InChI is InChI=1S/C8H6N6S/c1-14-8(12-5-13-14)15-7-6(4-9)10-2-3-11-7/h2-3,5H,1H3. The lowest BCUT2D eigenvalue weighted by Crippen LogP contribution is -1.95. The van der Waals surface area contributed by atoms with Crippen molar-refractivity contribution in [2.45, 2.75) is 10.2 Å². The number of aryl methyl sites for hydroxylation is 1. The summed E-state index contributed by atoms with van der Waals surface area (Å²) >= 11 is 1.27. The summed E-state index contributed by atoms with van der Waals surface area (Å²) in [7, 11) is 1.78. The molecule has 0 unspecified atom stereocenters. The smallest absolute Gasteiger partial charge is 0.192 e. The molecule has 2 heterocycles. The first kappa shape index (κ1) is 9.61. The lowest BCUT2D eigenvalue weighted by molar-refractivity contribution is 0.684. The van der Waals surface area contributed by atoms with Crippen molar-refractivity contribution < 1.29 is 0 Å². The van der Waals surface area contributed by atoms with Crippen LogP contribution in [-0.2, 0) is 7.05 Å². The van der Waals surface area contributed by atoms with E-state index in [-0.39, 0.29) is 0 Å². The van der Waals surface area contributed by atoms with Crippen LogP contribution in [0.5, 0.6) is 0 Å². The Morgan fingerprint density at radius 2 is 2.13 bits per heavy atom. The fourth-order valence-corrected chi connectivity index (χ4v) is 1.70. The highest BCUT2D eigenvalue weighted by Crippen LogP contribution is 2.24. The Morgan fingerprint density at radius 1 is 1.33 bits per heavy atom. The van der Waals surface area contributed by atoms with E-state index in [0.29, 0.717) is 15.9 Å². The highest BCUT2D eigenvalue weighted by molar-refractivity contribution is 7.99. The third kappa shape index (κ3) is 1.94. The number of rotatable bonds is 2. The lowest BCUT2D eigenvalue weighted by Gasteiger charge is -1.99. The van der Waals surface area contributed by atoms with Gasteiger partial charge < -0.3 is 0 Å². The predicted octanol–water partition coefficient (Wildman–Crippen LogP) is 0.628. The van der Waals surface area contributed by atoms with Gasteiger partial charge in [-0.3, -0.25) is 0 Å². The van der Waals surface area contributed by atoms with Gasteiger partial charge in [0, 0.05) is 19.4 Å². The first-order valence-corrected chi connectivity index (χ1v) is 4.86. The molecule has 0 atom stereocenters. The molecule has 6 nitrogen and oxygen atoms in total. The lowest BCUT2D eigenvalue weighted by atomic mass is 10.5. The third-order valence-electron chi connectivity index (χ3n) is 1.63. The summed E-state index contributed by atoms with van der Waals surface area (Å²) < 4.78 is 1.61. The van der Waals surface area contributed by atoms with Crippen LogP contribution in [0.2, 0.25) is 0 Å². The number of hydrogen-bond donors (Lipinski definition) is 0. The summed E-state index contributed by atoms with van der Waals surface area (Å²) in [5.74, 6) is 0. The zero-order chi connectivity index (χ0) is 10.7. The minimum atomic E-state index is 0.297. The topological polar surface area (TPSA) is 80.3 Å². The SMILES string of the molecule is Cn1ncnc1Sc1nccnc1C#N. The van der Waals surface area contributed by atoms with E-state index in [9.17, 15) is 0 Å². The van der Waals surface area contributed by atoms with Crippen molar-refractivity contribution in [3.8, 4) is 6.07 Å². The maximum absolute atomic E-state index is 8.81. The molecule has 0 saturated carbocycles. The quantitative estimate of drug-likeness (QED) is 0.735. The molecule has 0 amide bonds. The van der Waals surface area contributed by atoms with Crippen LogP contribution in [0.1, 0.15) is 5.69 Å². The van der Waals surface area contributed by atoms with E-state index < -0.39 is 0 Å². The van der Waals surface area contributed by atoms with Crippen LogP contribution < -0.4 is 0 Å². The Labute approximate surface area is 90.0 Å². The van der Waals surface area contributed by atoms with Gasteiger partial charge in [0.15, 0.2) is 10.9 Å². The van der Waals surface area contributed by atoms with Gasteiger partial charge in [-0.25, -0.2) is 19.6 Å². The molecule has 0 saturated heterocycles. The maximum atomic E-state index is 8.81. The van der Waals surface area contributed by atoms with E-state index in [1.165, 1.54) is 24.3 Å². The van der Waals surface area contributed by atoms with Crippen LogP contribution in [0.25, 0.3) is 0 Å². The third-order valence-corrected chi connectivity index (χ3v) is 2.67. The van der Waals surface area contributed by atoms with Gasteiger partial charge in [0.1, 0.15) is 17.4 Å². The normalized spacial score (nSPS) is 9.87. The summed E-state index contributed by atoms with van der Waals surface area (Å²) in [5, 5.41) is 13.9. The first-order valence-electron chi connectivity index (χ1n) is 4.04. The predicted molar refractivity (Wildman–Crippen MR) is 51.9 cm³/mol. The molecular formula is C8H6N6S. The molecule has 2 aromatic heterocycles. The van der Waals surface area contributed by atoms with Crippen LogP contribution >= 0.6 is 11.8 Å². The van der Waals surface area contributed by atoms with Gasteiger partial charge in [0.25, 0.3) is 0 Å². The van der Waals surface area contributed by atoms with Crippen molar-refractivity contribution in [3.63, 3.8) is 0 Å². The Bertz CT molecular complexity index is 514. The number of nitriles is 1. The second-order valence-electron chi connectivity index (χ2n) is 2.59. The zero-order valence-electron chi connectivity index (χ0n) is 7.82. The zero-order valence-corrected chi connectivity index (χ0v) is 8.64. The van der Waals surface area contributed by atoms with Crippen molar-refractivity contribution in [2.24, 2.45) is 7.05 Å². The van der Waals surface area contributed by atoms with Crippen molar-refractivity contribution in [2.75, 3.05) is 0 Å². The highest BCUT2D eigenvalue weighted by Gasteiger charge is 2.09. The van der Waals surface area contributed by atoms with E-state index in [4.69, 9.17) is 5.26 Å². The minimum Gasteiger partial charge on any atom is -0.245 e. The Balaban J connectivity index is 2.33. The Morgan fingerprint density at radius 3 is 2.80 bits per heavy atom. The largest absolute Gasteiger partial charge is 0.245 e. The number of nitrogens with zero attached hydrogens (tertiary/aromatic N) is 6.